The molecule has 0 unspecified atom stereocenters. The Morgan fingerprint density at radius 3 is 2.48 bits per heavy atom. The number of rotatable bonds is 7. The van der Waals surface area contributed by atoms with Gasteiger partial charge in [0.1, 0.15) is 17.2 Å². The van der Waals surface area contributed by atoms with Crippen LogP contribution in [0.1, 0.15) is 12.5 Å². The van der Waals surface area contributed by atoms with Gasteiger partial charge in [0.05, 0.1) is 24.9 Å². The molecule has 0 saturated carbocycles. The lowest BCUT2D eigenvalue weighted by Gasteiger charge is -2.14. The van der Waals surface area contributed by atoms with Gasteiger partial charge in [-0.15, -0.1) is 0 Å². The molecule has 2 rings (SSSR count). The molecule has 0 saturated heterocycles. The smallest absolute Gasteiger partial charge is 0.262 e. The molecular weight excluding hydrogens is 410 g/mol. The fraction of sp³-hybridized carbons (Fsp3) is 0.278. The summed E-state index contributed by atoms with van der Waals surface area (Å²) in [6.07, 6.45) is 0.804. The maximum Gasteiger partial charge on any atom is 0.262 e. The maximum absolute atomic E-state index is 12.2. The molecule has 0 bridgehead atoms. The van der Waals surface area contributed by atoms with Gasteiger partial charge in [-0.1, -0.05) is 34.5 Å². The fourth-order valence-corrected chi connectivity index (χ4v) is 2.89. The van der Waals surface area contributed by atoms with E-state index in [4.69, 9.17) is 25.8 Å². The van der Waals surface area contributed by atoms with Gasteiger partial charge in [0.25, 0.3) is 5.91 Å². The number of hydrogen-bond acceptors (Lipinski definition) is 4. The Labute approximate surface area is 160 Å². The Hall–Kier alpha value is -1.92. The average Bonchev–Trinajstić information content (AvgIpc) is 2.61. The Bertz CT molecular complexity index is 767. The van der Waals surface area contributed by atoms with Crippen LogP contribution >= 0.6 is 27.5 Å². The van der Waals surface area contributed by atoms with Crippen LogP contribution in [0.3, 0.4) is 0 Å². The number of carbonyl (C=O) groups is 1. The summed E-state index contributed by atoms with van der Waals surface area (Å²) in [6.45, 7) is 1.91. The van der Waals surface area contributed by atoms with Crippen molar-refractivity contribution in [2.24, 2.45) is 0 Å². The summed E-state index contributed by atoms with van der Waals surface area (Å²) in [5.41, 5.74) is 1.48. The Balaban J connectivity index is 2.08. The first-order chi connectivity index (χ1) is 12.0. The third-order valence-corrected chi connectivity index (χ3v) is 4.30. The Morgan fingerprint density at radius 2 is 1.84 bits per heavy atom. The van der Waals surface area contributed by atoms with E-state index in [0.29, 0.717) is 28.0 Å². The average molecular weight is 429 g/mol. The van der Waals surface area contributed by atoms with Crippen LogP contribution in [0, 0.1) is 0 Å². The molecule has 0 atom stereocenters. The van der Waals surface area contributed by atoms with E-state index in [2.05, 4.69) is 21.2 Å². The van der Waals surface area contributed by atoms with Crippen LogP contribution in [0.15, 0.2) is 34.8 Å². The topological polar surface area (TPSA) is 56.8 Å². The summed E-state index contributed by atoms with van der Waals surface area (Å²) in [4.78, 5) is 12.2. The van der Waals surface area contributed by atoms with Crippen molar-refractivity contribution in [3.63, 3.8) is 0 Å². The van der Waals surface area contributed by atoms with E-state index in [9.17, 15) is 4.79 Å². The number of ether oxygens (including phenoxy) is 3. The third kappa shape index (κ3) is 5.03. The SMILES string of the molecule is CCc1cc(Br)ccc1OCC(=O)Nc1cc(OC)c(Cl)cc1OC. The molecule has 0 aliphatic rings. The molecular formula is C18H19BrClNO4. The lowest BCUT2D eigenvalue weighted by molar-refractivity contribution is -0.118. The van der Waals surface area contributed by atoms with Gasteiger partial charge in [0.15, 0.2) is 6.61 Å². The summed E-state index contributed by atoms with van der Waals surface area (Å²) in [5.74, 6) is 1.26. The maximum atomic E-state index is 12.2. The van der Waals surface area contributed by atoms with E-state index >= 15 is 0 Å². The van der Waals surface area contributed by atoms with Crippen LogP contribution in [-0.2, 0) is 11.2 Å². The summed E-state index contributed by atoms with van der Waals surface area (Å²) >= 11 is 9.48. The van der Waals surface area contributed by atoms with Crippen LogP contribution in [0.5, 0.6) is 17.2 Å². The van der Waals surface area contributed by atoms with E-state index < -0.39 is 0 Å². The number of hydrogen-bond donors (Lipinski definition) is 1. The van der Waals surface area contributed by atoms with Crippen molar-refractivity contribution >= 4 is 39.1 Å². The molecule has 0 aliphatic heterocycles. The number of carbonyl (C=O) groups excluding carboxylic acids is 1. The number of aryl methyl sites for hydroxylation is 1. The van der Waals surface area contributed by atoms with Crippen LogP contribution < -0.4 is 19.5 Å². The molecule has 2 aromatic rings. The van der Waals surface area contributed by atoms with E-state index in [1.165, 1.54) is 14.2 Å². The van der Waals surface area contributed by atoms with Crippen molar-refractivity contribution in [1.29, 1.82) is 0 Å². The molecule has 1 amide bonds. The molecule has 2 aromatic carbocycles. The first-order valence-electron chi connectivity index (χ1n) is 7.61. The molecule has 0 aromatic heterocycles. The van der Waals surface area contributed by atoms with Crippen molar-refractivity contribution in [3.8, 4) is 17.2 Å². The van der Waals surface area contributed by atoms with Crippen LogP contribution in [0.25, 0.3) is 0 Å². The standard InChI is InChI=1S/C18H19BrClNO4/c1-4-11-7-12(19)5-6-15(11)25-10-18(22)21-14-9-16(23-2)13(20)8-17(14)24-3/h5-9H,4,10H2,1-3H3,(H,21,22). The molecule has 0 radical (unpaired) electrons. The normalized spacial score (nSPS) is 10.3. The lowest BCUT2D eigenvalue weighted by atomic mass is 10.1. The number of amides is 1. The van der Waals surface area contributed by atoms with Gasteiger partial charge in [0.2, 0.25) is 0 Å². The number of methoxy groups -OCH3 is 2. The molecule has 1 N–H and O–H groups in total. The van der Waals surface area contributed by atoms with Crippen LogP contribution in [-0.4, -0.2) is 26.7 Å². The zero-order valence-electron chi connectivity index (χ0n) is 14.2. The molecule has 0 spiro atoms. The Kier molecular flexibility index (Phi) is 6.96. The molecule has 0 aliphatic carbocycles. The predicted octanol–water partition coefficient (Wildman–Crippen LogP) is 4.70. The van der Waals surface area contributed by atoms with Crippen molar-refractivity contribution in [3.05, 3.63) is 45.4 Å². The second-order valence-corrected chi connectivity index (χ2v) is 6.45. The molecule has 0 heterocycles. The quantitative estimate of drug-likeness (QED) is 0.694. The number of halogens is 2. The monoisotopic (exact) mass is 427 g/mol. The summed E-state index contributed by atoms with van der Waals surface area (Å²) < 4.78 is 17.0. The van der Waals surface area contributed by atoms with Crippen molar-refractivity contribution in [2.45, 2.75) is 13.3 Å². The summed E-state index contributed by atoms with van der Waals surface area (Å²) in [5, 5.41) is 3.14. The minimum Gasteiger partial charge on any atom is -0.495 e. The first kappa shape index (κ1) is 19.4. The number of anilines is 1. The van der Waals surface area contributed by atoms with E-state index in [1.807, 2.05) is 25.1 Å². The molecule has 25 heavy (non-hydrogen) atoms. The van der Waals surface area contributed by atoms with Gasteiger partial charge in [-0.3, -0.25) is 4.79 Å². The van der Waals surface area contributed by atoms with Crippen LogP contribution in [0.2, 0.25) is 5.02 Å². The second kappa shape index (κ2) is 8.97. The zero-order chi connectivity index (χ0) is 18.4. The highest BCUT2D eigenvalue weighted by Gasteiger charge is 2.13. The van der Waals surface area contributed by atoms with E-state index in [-0.39, 0.29) is 12.5 Å². The van der Waals surface area contributed by atoms with Crippen molar-refractivity contribution < 1.29 is 19.0 Å². The van der Waals surface area contributed by atoms with Gasteiger partial charge in [-0.2, -0.15) is 0 Å². The molecule has 0 fully saturated rings. The lowest BCUT2D eigenvalue weighted by Crippen LogP contribution is -2.21. The first-order valence-corrected chi connectivity index (χ1v) is 8.78. The largest absolute Gasteiger partial charge is 0.495 e. The molecule has 5 nitrogen and oxygen atoms in total. The van der Waals surface area contributed by atoms with Crippen molar-refractivity contribution in [1.82, 2.24) is 0 Å². The minimum absolute atomic E-state index is 0.122. The minimum atomic E-state index is -0.312. The second-order valence-electron chi connectivity index (χ2n) is 5.13. The van der Waals surface area contributed by atoms with Gasteiger partial charge >= 0.3 is 0 Å². The predicted molar refractivity (Wildman–Crippen MR) is 102 cm³/mol. The van der Waals surface area contributed by atoms with Crippen molar-refractivity contribution in [2.75, 3.05) is 26.1 Å². The number of nitrogens with one attached hydrogen (secondary N) is 1. The van der Waals surface area contributed by atoms with Gasteiger partial charge in [-0.25, -0.2) is 0 Å². The van der Waals surface area contributed by atoms with Gasteiger partial charge < -0.3 is 19.5 Å². The van der Waals surface area contributed by atoms with Crippen LogP contribution in [0.4, 0.5) is 5.69 Å². The molecule has 134 valence electrons. The van der Waals surface area contributed by atoms with Gasteiger partial charge in [-0.05, 0) is 30.2 Å². The van der Waals surface area contributed by atoms with Gasteiger partial charge in [0, 0.05) is 16.6 Å². The zero-order valence-corrected chi connectivity index (χ0v) is 16.5. The summed E-state index contributed by atoms with van der Waals surface area (Å²) in [6, 6.07) is 8.87. The highest BCUT2D eigenvalue weighted by molar-refractivity contribution is 9.10. The fourth-order valence-electron chi connectivity index (χ4n) is 2.25. The number of benzene rings is 2. The summed E-state index contributed by atoms with van der Waals surface area (Å²) in [7, 11) is 3.00. The Morgan fingerprint density at radius 1 is 1.12 bits per heavy atom. The highest BCUT2D eigenvalue weighted by atomic mass is 79.9. The van der Waals surface area contributed by atoms with E-state index in [0.717, 1.165) is 16.5 Å². The third-order valence-electron chi connectivity index (χ3n) is 3.51. The highest BCUT2D eigenvalue weighted by Crippen LogP contribution is 2.35. The van der Waals surface area contributed by atoms with E-state index in [1.54, 1.807) is 12.1 Å². The molecule has 7 heteroatoms.